The SMILES string of the molecule is CCCCC(CC)CN1CCC(CN)(SC)CC1. The van der Waals surface area contributed by atoms with E-state index in [0.717, 1.165) is 12.5 Å². The maximum atomic E-state index is 5.95. The summed E-state index contributed by atoms with van der Waals surface area (Å²) in [7, 11) is 0. The van der Waals surface area contributed by atoms with Crippen molar-refractivity contribution in [2.24, 2.45) is 11.7 Å². The van der Waals surface area contributed by atoms with Gasteiger partial charge in [0.25, 0.3) is 0 Å². The van der Waals surface area contributed by atoms with Crippen LogP contribution in [0.5, 0.6) is 0 Å². The molecule has 1 unspecified atom stereocenters. The number of hydrogen-bond donors (Lipinski definition) is 1. The average Bonchev–Trinajstić information content (AvgIpc) is 2.44. The van der Waals surface area contributed by atoms with Crippen LogP contribution in [0.1, 0.15) is 52.4 Å². The van der Waals surface area contributed by atoms with Gasteiger partial charge in [0.2, 0.25) is 0 Å². The quantitative estimate of drug-likeness (QED) is 0.734. The summed E-state index contributed by atoms with van der Waals surface area (Å²) in [6.07, 6.45) is 10.2. The van der Waals surface area contributed by atoms with Crippen LogP contribution in [0.25, 0.3) is 0 Å². The van der Waals surface area contributed by atoms with E-state index in [0.29, 0.717) is 4.75 Å². The summed E-state index contributed by atoms with van der Waals surface area (Å²) >= 11 is 1.98. The van der Waals surface area contributed by atoms with Crippen LogP contribution in [0.3, 0.4) is 0 Å². The van der Waals surface area contributed by atoms with Crippen molar-refractivity contribution in [3.8, 4) is 0 Å². The lowest BCUT2D eigenvalue weighted by atomic mass is 9.93. The first kappa shape index (κ1) is 16.3. The van der Waals surface area contributed by atoms with Crippen molar-refractivity contribution >= 4 is 11.8 Å². The second kappa shape index (κ2) is 8.44. The predicted molar refractivity (Wildman–Crippen MR) is 84.3 cm³/mol. The largest absolute Gasteiger partial charge is 0.329 e. The van der Waals surface area contributed by atoms with Gasteiger partial charge in [0, 0.05) is 17.8 Å². The first-order chi connectivity index (χ1) is 8.69. The summed E-state index contributed by atoms with van der Waals surface area (Å²) in [5.74, 6) is 0.907. The van der Waals surface area contributed by atoms with Crippen molar-refractivity contribution in [3.05, 3.63) is 0 Å². The van der Waals surface area contributed by atoms with Crippen LogP contribution >= 0.6 is 11.8 Å². The van der Waals surface area contributed by atoms with Gasteiger partial charge in [0.05, 0.1) is 0 Å². The van der Waals surface area contributed by atoms with E-state index >= 15 is 0 Å². The molecular weight excluding hydrogens is 240 g/mol. The fourth-order valence-corrected chi connectivity index (χ4v) is 3.67. The number of likely N-dealkylation sites (tertiary alicyclic amines) is 1. The normalized spacial score (nSPS) is 22.0. The highest BCUT2D eigenvalue weighted by atomic mass is 32.2. The molecule has 0 radical (unpaired) electrons. The predicted octanol–water partition coefficient (Wildman–Crippen LogP) is 3.36. The Morgan fingerprint density at radius 3 is 2.39 bits per heavy atom. The molecule has 2 N–H and O–H groups in total. The van der Waals surface area contributed by atoms with Gasteiger partial charge in [-0.15, -0.1) is 0 Å². The molecule has 0 aromatic carbocycles. The van der Waals surface area contributed by atoms with Crippen molar-refractivity contribution < 1.29 is 0 Å². The number of hydrogen-bond acceptors (Lipinski definition) is 3. The zero-order valence-corrected chi connectivity index (χ0v) is 13.4. The van der Waals surface area contributed by atoms with Crippen molar-refractivity contribution in [2.45, 2.75) is 57.1 Å². The fraction of sp³-hybridized carbons (Fsp3) is 1.00. The molecule has 1 aliphatic rings. The third-order valence-corrected chi connectivity index (χ3v) is 6.07. The van der Waals surface area contributed by atoms with E-state index in [2.05, 4.69) is 25.0 Å². The smallest absolute Gasteiger partial charge is 0.0303 e. The van der Waals surface area contributed by atoms with Gasteiger partial charge in [-0.2, -0.15) is 11.8 Å². The molecular formula is C15H32N2S. The van der Waals surface area contributed by atoms with Crippen LogP contribution in [0.15, 0.2) is 0 Å². The third-order valence-electron chi connectivity index (χ3n) is 4.63. The molecule has 1 atom stereocenters. The summed E-state index contributed by atoms with van der Waals surface area (Å²) in [4.78, 5) is 2.67. The van der Waals surface area contributed by atoms with Gasteiger partial charge < -0.3 is 10.6 Å². The number of nitrogens with zero attached hydrogens (tertiary/aromatic N) is 1. The van der Waals surface area contributed by atoms with Crippen molar-refractivity contribution in [1.82, 2.24) is 4.90 Å². The van der Waals surface area contributed by atoms with Crippen LogP contribution in [0.2, 0.25) is 0 Å². The Morgan fingerprint density at radius 2 is 1.94 bits per heavy atom. The minimum atomic E-state index is 0.377. The zero-order valence-electron chi connectivity index (χ0n) is 12.6. The molecule has 0 aromatic rings. The Labute approximate surface area is 118 Å². The lowest BCUT2D eigenvalue weighted by Crippen LogP contribution is -2.47. The summed E-state index contributed by atoms with van der Waals surface area (Å²) in [5.41, 5.74) is 5.95. The molecule has 108 valence electrons. The maximum Gasteiger partial charge on any atom is 0.0303 e. The third kappa shape index (κ3) is 4.75. The van der Waals surface area contributed by atoms with Gasteiger partial charge in [0.1, 0.15) is 0 Å². The number of thioether (sulfide) groups is 1. The fourth-order valence-electron chi connectivity index (χ4n) is 2.92. The van der Waals surface area contributed by atoms with Crippen molar-refractivity contribution in [3.63, 3.8) is 0 Å². The zero-order chi connectivity index (χ0) is 13.4. The average molecular weight is 273 g/mol. The summed E-state index contributed by atoms with van der Waals surface area (Å²) in [5, 5.41) is 0. The van der Waals surface area contributed by atoms with Crippen LogP contribution < -0.4 is 5.73 Å². The van der Waals surface area contributed by atoms with Crippen molar-refractivity contribution in [1.29, 1.82) is 0 Å². The highest BCUT2D eigenvalue weighted by molar-refractivity contribution is 8.00. The summed E-state index contributed by atoms with van der Waals surface area (Å²) in [6, 6.07) is 0. The Bertz CT molecular complexity index is 207. The molecule has 0 aliphatic carbocycles. The molecule has 2 nitrogen and oxygen atoms in total. The lowest BCUT2D eigenvalue weighted by molar-refractivity contribution is 0.168. The molecule has 0 amide bonds. The number of rotatable bonds is 8. The van der Waals surface area contributed by atoms with E-state index in [1.807, 2.05) is 11.8 Å². The van der Waals surface area contributed by atoms with Crippen LogP contribution in [-0.2, 0) is 0 Å². The van der Waals surface area contributed by atoms with Crippen LogP contribution in [0.4, 0.5) is 0 Å². The Balaban J connectivity index is 2.33. The number of piperidine rings is 1. The molecule has 1 fully saturated rings. The highest BCUT2D eigenvalue weighted by Crippen LogP contribution is 2.33. The molecule has 3 heteroatoms. The van der Waals surface area contributed by atoms with E-state index in [4.69, 9.17) is 5.73 Å². The second-order valence-electron chi connectivity index (χ2n) is 5.81. The maximum absolute atomic E-state index is 5.95. The number of nitrogens with two attached hydrogens (primary N) is 1. The Hall–Kier alpha value is 0.270. The molecule has 18 heavy (non-hydrogen) atoms. The van der Waals surface area contributed by atoms with E-state index < -0.39 is 0 Å². The molecule has 0 aromatic heterocycles. The Morgan fingerprint density at radius 1 is 1.28 bits per heavy atom. The standard InChI is InChI=1S/C15H32N2S/c1-4-6-7-14(5-2)12-17-10-8-15(13-16,18-3)9-11-17/h14H,4-13,16H2,1-3H3. The lowest BCUT2D eigenvalue weighted by Gasteiger charge is -2.41. The molecule has 0 spiro atoms. The first-order valence-electron chi connectivity index (χ1n) is 7.67. The Kier molecular flexibility index (Phi) is 7.66. The van der Waals surface area contributed by atoms with Gasteiger partial charge in [-0.05, 0) is 44.5 Å². The molecule has 0 saturated carbocycles. The van der Waals surface area contributed by atoms with Gasteiger partial charge >= 0.3 is 0 Å². The van der Waals surface area contributed by atoms with Gasteiger partial charge in [-0.3, -0.25) is 0 Å². The second-order valence-corrected chi connectivity index (χ2v) is 7.08. The summed E-state index contributed by atoms with van der Waals surface area (Å²) < 4.78 is 0.377. The van der Waals surface area contributed by atoms with Crippen LogP contribution in [-0.4, -0.2) is 42.1 Å². The minimum absolute atomic E-state index is 0.377. The van der Waals surface area contributed by atoms with Gasteiger partial charge in [-0.1, -0.05) is 33.1 Å². The molecule has 1 rings (SSSR count). The van der Waals surface area contributed by atoms with Gasteiger partial charge in [0.15, 0.2) is 0 Å². The van der Waals surface area contributed by atoms with Crippen molar-refractivity contribution in [2.75, 3.05) is 32.4 Å². The number of unbranched alkanes of at least 4 members (excludes halogenated alkanes) is 1. The van der Waals surface area contributed by atoms with Gasteiger partial charge in [-0.25, -0.2) is 0 Å². The topological polar surface area (TPSA) is 29.3 Å². The highest BCUT2D eigenvalue weighted by Gasteiger charge is 2.32. The van der Waals surface area contributed by atoms with E-state index in [1.54, 1.807) is 0 Å². The van der Waals surface area contributed by atoms with E-state index in [1.165, 1.54) is 58.2 Å². The monoisotopic (exact) mass is 272 g/mol. The molecule has 1 aliphatic heterocycles. The van der Waals surface area contributed by atoms with E-state index in [-0.39, 0.29) is 0 Å². The molecule has 1 saturated heterocycles. The minimum Gasteiger partial charge on any atom is -0.329 e. The van der Waals surface area contributed by atoms with E-state index in [9.17, 15) is 0 Å². The molecule has 0 bridgehead atoms. The molecule has 1 heterocycles. The first-order valence-corrected chi connectivity index (χ1v) is 8.89. The van der Waals surface area contributed by atoms with Crippen LogP contribution in [0, 0.1) is 5.92 Å². The summed E-state index contributed by atoms with van der Waals surface area (Å²) in [6.45, 7) is 9.29.